The van der Waals surface area contributed by atoms with Crippen LogP contribution in [0.1, 0.15) is 26.5 Å². The first kappa shape index (κ1) is 17.8. The molecule has 4 rings (SSSR count). The molecular formula is C21H13ClN2O4. The van der Waals surface area contributed by atoms with Crippen LogP contribution in [0.4, 0.5) is 11.4 Å². The fraction of sp³-hybridized carbons (Fsp3) is 0. The summed E-state index contributed by atoms with van der Waals surface area (Å²) in [5, 5.41) is 2.84. The van der Waals surface area contributed by atoms with E-state index in [9.17, 15) is 14.4 Å². The quantitative estimate of drug-likeness (QED) is 0.527. The molecule has 3 aromatic rings. The molecule has 6 nitrogen and oxygen atoms in total. The number of furan rings is 1. The number of rotatable bonds is 4. The van der Waals surface area contributed by atoms with Crippen LogP contribution in [0, 0.1) is 0 Å². The van der Waals surface area contributed by atoms with E-state index in [0.717, 1.165) is 4.90 Å². The molecule has 0 saturated carbocycles. The molecule has 1 aromatic heterocycles. The lowest BCUT2D eigenvalue weighted by molar-refractivity contribution is -0.111. The van der Waals surface area contributed by atoms with Gasteiger partial charge in [0.15, 0.2) is 0 Å². The van der Waals surface area contributed by atoms with Gasteiger partial charge in [0.05, 0.1) is 33.8 Å². The molecule has 0 bridgehead atoms. The van der Waals surface area contributed by atoms with E-state index in [1.165, 1.54) is 24.5 Å². The molecule has 1 aliphatic rings. The number of hydrogen-bond donors (Lipinski definition) is 1. The standard InChI is InChI=1S/C21H13ClN2O4/c22-17-12-13(24-20(26)15-5-1-2-6-16(15)21(24)27)7-9-18(17)23-19(25)10-8-14-4-3-11-28-14/h1-12H,(H,23,25). The number of hydrogen-bond acceptors (Lipinski definition) is 4. The Morgan fingerprint density at radius 3 is 2.32 bits per heavy atom. The molecule has 138 valence electrons. The topological polar surface area (TPSA) is 79.6 Å². The molecule has 2 aromatic carbocycles. The zero-order chi connectivity index (χ0) is 19.7. The highest BCUT2D eigenvalue weighted by Crippen LogP contribution is 2.32. The summed E-state index contributed by atoms with van der Waals surface area (Å²) < 4.78 is 5.12. The van der Waals surface area contributed by atoms with Crippen molar-refractivity contribution in [2.45, 2.75) is 0 Å². The maximum atomic E-state index is 12.6. The SMILES string of the molecule is O=C(C=Cc1ccco1)Nc1ccc(N2C(=O)c3ccccc3C2=O)cc1Cl. The van der Waals surface area contributed by atoms with Crippen molar-refractivity contribution in [2.24, 2.45) is 0 Å². The molecule has 0 aliphatic carbocycles. The second kappa shape index (κ2) is 7.17. The number of halogens is 1. The molecule has 7 heteroatoms. The minimum Gasteiger partial charge on any atom is -0.465 e. The minimum absolute atomic E-state index is 0.203. The van der Waals surface area contributed by atoms with Gasteiger partial charge in [-0.2, -0.15) is 0 Å². The van der Waals surface area contributed by atoms with E-state index in [-0.39, 0.29) is 5.02 Å². The number of carbonyl (C=O) groups is 3. The molecule has 0 radical (unpaired) electrons. The first-order chi connectivity index (χ1) is 13.5. The van der Waals surface area contributed by atoms with Crippen molar-refractivity contribution >= 4 is 46.8 Å². The van der Waals surface area contributed by atoms with Crippen molar-refractivity contribution < 1.29 is 18.8 Å². The molecule has 28 heavy (non-hydrogen) atoms. The van der Waals surface area contributed by atoms with Crippen molar-refractivity contribution in [3.63, 3.8) is 0 Å². The molecule has 1 aliphatic heterocycles. The lowest BCUT2D eigenvalue weighted by Gasteiger charge is -2.15. The van der Waals surface area contributed by atoms with Gasteiger partial charge in [0.25, 0.3) is 11.8 Å². The molecule has 1 N–H and O–H groups in total. The maximum absolute atomic E-state index is 12.6. The van der Waals surface area contributed by atoms with Gasteiger partial charge in [-0.1, -0.05) is 23.7 Å². The van der Waals surface area contributed by atoms with Crippen molar-refractivity contribution in [1.82, 2.24) is 0 Å². The van der Waals surface area contributed by atoms with Crippen molar-refractivity contribution in [3.05, 3.63) is 88.8 Å². The van der Waals surface area contributed by atoms with E-state index < -0.39 is 17.7 Å². The fourth-order valence-corrected chi connectivity index (χ4v) is 3.11. The van der Waals surface area contributed by atoms with Crippen LogP contribution in [0.3, 0.4) is 0 Å². The average molecular weight is 393 g/mol. The van der Waals surface area contributed by atoms with E-state index in [4.69, 9.17) is 16.0 Å². The summed E-state index contributed by atoms with van der Waals surface area (Å²) in [5.74, 6) is -0.668. The van der Waals surface area contributed by atoms with E-state index in [0.29, 0.717) is 28.3 Å². The van der Waals surface area contributed by atoms with E-state index >= 15 is 0 Å². The number of imide groups is 1. The van der Waals surface area contributed by atoms with Gasteiger partial charge in [-0.05, 0) is 48.5 Å². The molecule has 0 saturated heterocycles. The third-order valence-corrected chi connectivity index (χ3v) is 4.52. The van der Waals surface area contributed by atoms with Crippen LogP contribution < -0.4 is 10.2 Å². The van der Waals surface area contributed by atoms with Gasteiger partial charge < -0.3 is 9.73 Å². The largest absolute Gasteiger partial charge is 0.465 e. The molecule has 0 fully saturated rings. The smallest absolute Gasteiger partial charge is 0.266 e. The first-order valence-electron chi connectivity index (χ1n) is 8.34. The minimum atomic E-state index is -0.408. The summed E-state index contributed by atoms with van der Waals surface area (Å²) in [6, 6.07) is 14.6. The van der Waals surface area contributed by atoms with Gasteiger partial charge in [0, 0.05) is 6.08 Å². The van der Waals surface area contributed by atoms with Gasteiger partial charge in [-0.3, -0.25) is 14.4 Å². The highest BCUT2D eigenvalue weighted by molar-refractivity contribution is 6.36. The molecule has 0 spiro atoms. The lowest BCUT2D eigenvalue weighted by atomic mass is 10.1. The van der Waals surface area contributed by atoms with Crippen LogP contribution in [-0.2, 0) is 4.79 Å². The number of carbonyl (C=O) groups excluding carboxylic acids is 3. The summed E-state index contributed by atoms with van der Waals surface area (Å²) >= 11 is 6.25. The van der Waals surface area contributed by atoms with Crippen LogP contribution in [-0.4, -0.2) is 17.7 Å². The third kappa shape index (κ3) is 3.21. The first-order valence-corrected chi connectivity index (χ1v) is 8.72. The highest BCUT2D eigenvalue weighted by Gasteiger charge is 2.36. The molecule has 2 heterocycles. The number of amides is 3. The third-order valence-electron chi connectivity index (χ3n) is 4.20. The Morgan fingerprint density at radius 2 is 1.71 bits per heavy atom. The Labute approximate surface area is 165 Å². The van der Waals surface area contributed by atoms with E-state index in [1.807, 2.05) is 0 Å². The van der Waals surface area contributed by atoms with Crippen LogP contribution in [0.15, 0.2) is 71.4 Å². The van der Waals surface area contributed by atoms with Gasteiger partial charge in [-0.25, -0.2) is 4.90 Å². The number of anilines is 2. The van der Waals surface area contributed by atoms with E-state index in [2.05, 4.69) is 5.32 Å². The highest BCUT2D eigenvalue weighted by atomic mass is 35.5. The molecule has 0 atom stereocenters. The fourth-order valence-electron chi connectivity index (χ4n) is 2.89. The monoisotopic (exact) mass is 392 g/mol. The van der Waals surface area contributed by atoms with E-state index in [1.54, 1.807) is 48.5 Å². The summed E-state index contributed by atoms with van der Waals surface area (Å²) in [6.07, 6.45) is 4.34. The summed E-state index contributed by atoms with van der Waals surface area (Å²) in [6.45, 7) is 0. The number of benzene rings is 2. The summed E-state index contributed by atoms with van der Waals surface area (Å²) in [5.41, 5.74) is 1.39. The van der Waals surface area contributed by atoms with Crippen LogP contribution >= 0.6 is 11.6 Å². The Hall–Kier alpha value is -3.64. The Morgan fingerprint density at radius 1 is 1.00 bits per heavy atom. The number of nitrogens with one attached hydrogen (secondary N) is 1. The van der Waals surface area contributed by atoms with Gasteiger partial charge >= 0.3 is 0 Å². The second-order valence-electron chi connectivity index (χ2n) is 5.99. The predicted octanol–water partition coefficient (Wildman–Crippen LogP) is 4.39. The van der Waals surface area contributed by atoms with Crippen molar-refractivity contribution in [2.75, 3.05) is 10.2 Å². The van der Waals surface area contributed by atoms with Gasteiger partial charge in [-0.15, -0.1) is 0 Å². The normalized spacial score (nSPS) is 13.2. The Kier molecular flexibility index (Phi) is 4.55. The van der Waals surface area contributed by atoms with Crippen molar-refractivity contribution in [3.8, 4) is 0 Å². The average Bonchev–Trinajstić information content (AvgIpc) is 3.30. The zero-order valence-electron chi connectivity index (χ0n) is 14.4. The summed E-state index contributed by atoms with van der Waals surface area (Å²) in [7, 11) is 0. The van der Waals surface area contributed by atoms with Gasteiger partial charge in [0.1, 0.15) is 5.76 Å². The second-order valence-corrected chi connectivity index (χ2v) is 6.40. The summed E-state index contributed by atoms with van der Waals surface area (Å²) in [4.78, 5) is 38.2. The van der Waals surface area contributed by atoms with Gasteiger partial charge in [0.2, 0.25) is 5.91 Å². The predicted molar refractivity (Wildman–Crippen MR) is 105 cm³/mol. The lowest BCUT2D eigenvalue weighted by Crippen LogP contribution is -2.29. The molecule has 0 unspecified atom stereocenters. The Balaban J connectivity index is 1.53. The molecule has 3 amide bonds. The molecular weight excluding hydrogens is 380 g/mol. The van der Waals surface area contributed by atoms with Crippen molar-refractivity contribution in [1.29, 1.82) is 0 Å². The van der Waals surface area contributed by atoms with Crippen LogP contribution in [0.2, 0.25) is 5.02 Å². The number of nitrogens with zero attached hydrogens (tertiary/aromatic N) is 1. The number of fused-ring (bicyclic) bond motifs is 1. The maximum Gasteiger partial charge on any atom is 0.266 e. The van der Waals surface area contributed by atoms with Crippen LogP contribution in [0.5, 0.6) is 0 Å². The van der Waals surface area contributed by atoms with Crippen LogP contribution in [0.25, 0.3) is 6.08 Å². The zero-order valence-corrected chi connectivity index (χ0v) is 15.1. The Bertz CT molecular complexity index is 1080.